The van der Waals surface area contributed by atoms with E-state index in [0.29, 0.717) is 0 Å². The summed E-state index contributed by atoms with van der Waals surface area (Å²) in [5, 5.41) is 12.2. The largest absolute Gasteiger partial charge is 0.344 e. The summed E-state index contributed by atoms with van der Waals surface area (Å²) in [6.45, 7) is 0. The van der Waals surface area contributed by atoms with E-state index in [4.69, 9.17) is 0 Å². The van der Waals surface area contributed by atoms with E-state index in [0.717, 1.165) is 16.7 Å². The van der Waals surface area contributed by atoms with E-state index in [9.17, 15) is 10.1 Å². The number of carbonyl (C=O) groups excluding carboxylic acids is 1. The van der Waals surface area contributed by atoms with Gasteiger partial charge in [-0.25, -0.2) is 0 Å². The lowest BCUT2D eigenvalue weighted by molar-refractivity contribution is -0.122. The Kier molecular flexibility index (Phi) is 3.53. The highest BCUT2D eigenvalue weighted by molar-refractivity contribution is 5.97. The van der Waals surface area contributed by atoms with E-state index in [1.54, 1.807) is 0 Å². The molecule has 0 saturated heterocycles. The van der Waals surface area contributed by atoms with Crippen molar-refractivity contribution >= 4 is 11.5 Å². The minimum atomic E-state index is -0.757. The van der Waals surface area contributed by atoms with Gasteiger partial charge in [-0.05, 0) is 16.7 Å². The molecular weight excluding hydrogens is 260 g/mol. The number of nitriles is 1. The average Bonchev–Trinajstić information content (AvgIpc) is 2.55. The first-order chi connectivity index (χ1) is 10.3. The first-order valence-corrected chi connectivity index (χ1v) is 6.81. The van der Waals surface area contributed by atoms with Gasteiger partial charge in [0.2, 0.25) is 5.91 Å². The van der Waals surface area contributed by atoms with Gasteiger partial charge in [-0.1, -0.05) is 66.7 Å². The average molecular weight is 274 g/mol. The van der Waals surface area contributed by atoms with Crippen molar-refractivity contribution in [2.24, 2.45) is 5.92 Å². The Morgan fingerprint density at radius 3 is 2.19 bits per heavy atom. The third-order valence-electron chi connectivity index (χ3n) is 3.61. The third kappa shape index (κ3) is 2.56. The Balaban J connectivity index is 2.07. The van der Waals surface area contributed by atoms with Crippen molar-refractivity contribution in [3.05, 3.63) is 77.9 Å². The number of rotatable bonds is 2. The molecule has 0 radical (unpaired) electrons. The number of nitrogens with one attached hydrogen (secondary N) is 1. The number of carbonyl (C=O) groups is 1. The number of nitrogens with zero attached hydrogens (tertiary/aromatic N) is 1. The fourth-order valence-electron chi connectivity index (χ4n) is 2.56. The van der Waals surface area contributed by atoms with Crippen molar-refractivity contribution < 1.29 is 4.79 Å². The first-order valence-electron chi connectivity index (χ1n) is 6.81. The SMILES string of the molecule is N#C[C@@H]1C(=O)N[C@@H](c2ccccc2)C=C1c1ccccc1. The highest BCUT2D eigenvalue weighted by atomic mass is 16.2. The van der Waals surface area contributed by atoms with E-state index in [-0.39, 0.29) is 11.9 Å². The molecule has 0 spiro atoms. The molecule has 0 unspecified atom stereocenters. The lowest BCUT2D eigenvalue weighted by atomic mass is 9.86. The van der Waals surface area contributed by atoms with Gasteiger partial charge >= 0.3 is 0 Å². The fraction of sp³-hybridized carbons (Fsp3) is 0.111. The van der Waals surface area contributed by atoms with E-state index in [1.165, 1.54) is 0 Å². The molecule has 1 aliphatic rings. The molecule has 0 saturated carbocycles. The Bertz CT molecular complexity index is 714. The molecule has 2 atom stereocenters. The minimum Gasteiger partial charge on any atom is -0.344 e. The number of hydrogen-bond acceptors (Lipinski definition) is 2. The summed E-state index contributed by atoms with van der Waals surface area (Å²) >= 11 is 0. The van der Waals surface area contributed by atoms with Gasteiger partial charge in [0.05, 0.1) is 12.1 Å². The summed E-state index contributed by atoms with van der Waals surface area (Å²) < 4.78 is 0. The maximum absolute atomic E-state index is 12.2. The molecule has 0 bridgehead atoms. The Labute approximate surface area is 123 Å². The highest BCUT2D eigenvalue weighted by Gasteiger charge is 2.31. The molecule has 1 aliphatic heterocycles. The molecule has 3 nitrogen and oxygen atoms in total. The van der Waals surface area contributed by atoms with Crippen molar-refractivity contribution in [3.63, 3.8) is 0 Å². The van der Waals surface area contributed by atoms with Crippen LogP contribution in [0.4, 0.5) is 0 Å². The van der Waals surface area contributed by atoms with Gasteiger partial charge in [0.15, 0.2) is 5.92 Å². The van der Waals surface area contributed by atoms with Crippen LogP contribution < -0.4 is 5.32 Å². The smallest absolute Gasteiger partial charge is 0.242 e. The molecule has 1 amide bonds. The predicted molar refractivity (Wildman–Crippen MR) is 80.8 cm³/mol. The quantitative estimate of drug-likeness (QED) is 0.915. The van der Waals surface area contributed by atoms with Crippen LogP contribution in [0.25, 0.3) is 5.57 Å². The normalized spacial score (nSPS) is 21.1. The van der Waals surface area contributed by atoms with Gasteiger partial charge in [0.1, 0.15) is 0 Å². The van der Waals surface area contributed by atoms with E-state index < -0.39 is 5.92 Å². The van der Waals surface area contributed by atoms with Gasteiger partial charge in [-0.3, -0.25) is 4.79 Å². The van der Waals surface area contributed by atoms with Crippen LogP contribution in [-0.4, -0.2) is 5.91 Å². The summed E-state index contributed by atoms with van der Waals surface area (Å²) in [7, 11) is 0. The molecule has 0 fully saturated rings. The summed E-state index contributed by atoms with van der Waals surface area (Å²) in [6.07, 6.45) is 1.97. The Morgan fingerprint density at radius 2 is 1.57 bits per heavy atom. The van der Waals surface area contributed by atoms with Crippen molar-refractivity contribution in [1.29, 1.82) is 5.26 Å². The van der Waals surface area contributed by atoms with Crippen LogP contribution in [0.15, 0.2) is 66.7 Å². The molecule has 3 rings (SSSR count). The molecule has 1 heterocycles. The van der Waals surface area contributed by atoms with Gasteiger partial charge in [-0.2, -0.15) is 5.26 Å². The van der Waals surface area contributed by atoms with Crippen LogP contribution in [-0.2, 0) is 4.79 Å². The maximum atomic E-state index is 12.2. The first kappa shape index (κ1) is 13.1. The second-order valence-electron chi connectivity index (χ2n) is 4.95. The standard InChI is InChI=1S/C18H14N2O/c19-12-16-15(13-7-3-1-4-8-13)11-17(20-18(16)21)14-9-5-2-6-10-14/h1-11,16-17H,(H,20,21)/t16-,17+/m0/s1. The van der Waals surface area contributed by atoms with Crippen LogP contribution in [0.1, 0.15) is 17.2 Å². The Morgan fingerprint density at radius 1 is 0.952 bits per heavy atom. The highest BCUT2D eigenvalue weighted by Crippen LogP contribution is 2.31. The Hall–Kier alpha value is -2.86. The van der Waals surface area contributed by atoms with Crippen LogP contribution >= 0.6 is 0 Å². The third-order valence-corrected chi connectivity index (χ3v) is 3.61. The zero-order valence-electron chi connectivity index (χ0n) is 11.4. The minimum absolute atomic E-state index is 0.196. The monoisotopic (exact) mass is 274 g/mol. The van der Waals surface area contributed by atoms with Crippen molar-refractivity contribution in [1.82, 2.24) is 5.32 Å². The molecule has 0 aromatic heterocycles. The van der Waals surface area contributed by atoms with Crippen LogP contribution in [0.2, 0.25) is 0 Å². The summed E-state index contributed by atoms with van der Waals surface area (Å²) in [5.74, 6) is -1.000. The summed E-state index contributed by atoms with van der Waals surface area (Å²) in [6, 6.07) is 21.2. The number of amides is 1. The van der Waals surface area contributed by atoms with E-state index >= 15 is 0 Å². The van der Waals surface area contributed by atoms with Gasteiger partial charge in [-0.15, -0.1) is 0 Å². The number of benzene rings is 2. The van der Waals surface area contributed by atoms with Crippen LogP contribution in [0.5, 0.6) is 0 Å². The zero-order valence-corrected chi connectivity index (χ0v) is 11.4. The van der Waals surface area contributed by atoms with Crippen molar-refractivity contribution in [2.45, 2.75) is 6.04 Å². The molecule has 21 heavy (non-hydrogen) atoms. The second-order valence-corrected chi connectivity index (χ2v) is 4.95. The van der Waals surface area contributed by atoms with Crippen LogP contribution in [0, 0.1) is 17.2 Å². The summed E-state index contributed by atoms with van der Waals surface area (Å²) in [4.78, 5) is 12.2. The van der Waals surface area contributed by atoms with Crippen molar-refractivity contribution in [2.75, 3.05) is 0 Å². The summed E-state index contributed by atoms with van der Waals surface area (Å²) in [5.41, 5.74) is 2.70. The van der Waals surface area contributed by atoms with Crippen LogP contribution in [0.3, 0.4) is 0 Å². The lowest BCUT2D eigenvalue weighted by Crippen LogP contribution is -2.37. The second kappa shape index (κ2) is 5.64. The molecule has 1 N–H and O–H groups in total. The van der Waals surface area contributed by atoms with E-state index in [2.05, 4.69) is 11.4 Å². The molecule has 2 aromatic carbocycles. The molecular formula is C18H14N2O. The molecule has 2 aromatic rings. The van der Waals surface area contributed by atoms with Gasteiger partial charge in [0.25, 0.3) is 0 Å². The van der Waals surface area contributed by atoms with Crippen molar-refractivity contribution in [3.8, 4) is 6.07 Å². The molecule has 0 aliphatic carbocycles. The van der Waals surface area contributed by atoms with E-state index in [1.807, 2.05) is 66.7 Å². The lowest BCUT2D eigenvalue weighted by Gasteiger charge is -2.26. The molecule has 102 valence electrons. The molecule has 3 heteroatoms. The van der Waals surface area contributed by atoms with Gasteiger partial charge < -0.3 is 5.32 Å². The fourth-order valence-corrected chi connectivity index (χ4v) is 2.56. The topological polar surface area (TPSA) is 52.9 Å². The predicted octanol–water partition coefficient (Wildman–Crippen LogP) is 3.08. The zero-order chi connectivity index (χ0) is 14.7. The maximum Gasteiger partial charge on any atom is 0.242 e. The number of hydrogen-bond donors (Lipinski definition) is 1. The van der Waals surface area contributed by atoms with Gasteiger partial charge in [0, 0.05) is 0 Å².